The van der Waals surface area contributed by atoms with Crippen LogP contribution in [0.4, 0.5) is 5.82 Å². The average molecular weight is 493 g/mol. The number of pyridine rings is 3. The van der Waals surface area contributed by atoms with Gasteiger partial charge in [0.2, 0.25) is 11.8 Å². The molecule has 1 fully saturated rings. The van der Waals surface area contributed by atoms with Crippen molar-refractivity contribution in [3.8, 4) is 5.88 Å². The van der Waals surface area contributed by atoms with E-state index in [0.717, 1.165) is 54.1 Å². The SMILES string of the molecule is COc1ccc2nccc(CCN3CC[C@](C)(NCc4ccc5c(n4)NC(=O)CS5)C(C)C3)c2n1. The number of piperidine rings is 1. The Morgan fingerprint density at radius 1 is 1.26 bits per heavy atom. The van der Waals surface area contributed by atoms with Crippen molar-refractivity contribution in [1.82, 2.24) is 25.2 Å². The Hall–Kier alpha value is -2.75. The topological polar surface area (TPSA) is 92.3 Å². The Bertz CT molecular complexity index is 1240. The second kappa shape index (κ2) is 10.1. The van der Waals surface area contributed by atoms with Gasteiger partial charge < -0.3 is 20.3 Å². The molecule has 0 spiro atoms. The van der Waals surface area contributed by atoms with Crippen LogP contribution in [0, 0.1) is 5.92 Å². The first-order valence-corrected chi connectivity index (χ1v) is 13.1. The van der Waals surface area contributed by atoms with E-state index in [2.05, 4.69) is 62.5 Å². The molecule has 0 radical (unpaired) electrons. The number of likely N-dealkylation sites (tertiary alicyclic amines) is 1. The fourth-order valence-corrected chi connectivity index (χ4v) is 5.59. The van der Waals surface area contributed by atoms with Crippen molar-refractivity contribution >= 4 is 34.5 Å². The largest absolute Gasteiger partial charge is 0.481 e. The van der Waals surface area contributed by atoms with Gasteiger partial charge in [0.05, 0.1) is 34.5 Å². The standard InChI is InChI=1S/C26H32N6O2S/c1-17-15-32(12-9-18-8-11-27-20-5-7-23(34-3)31-24(18)20)13-10-26(17,2)28-14-19-4-6-21-25(29-19)30-22(33)16-35-21/h4-8,11,17,28H,9-10,12-16H2,1-3H3,(H,29,30,33)/t17?,26-/m0/s1. The molecule has 2 aliphatic heterocycles. The van der Waals surface area contributed by atoms with Gasteiger partial charge in [-0.1, -0.05) is 6.92 Å². The monoisotopic (exact) mass is 492 g/mol. The molecule has 0 bridgehead atoms. The lowest BCUT2D eigenvalue weighted by Gasteiger charge is -2.45. The molecule has 2 atom stereocenters. The summed E-state index contributed by atoms with van der Waals surface area (Å²) in [5, 5.41) is 6.66. The minimum absolute atomic E-state index is 0.0164. The van der Waals surface area contributed by atoms with Crippen molar-refractivity contribution < 1.29 is 9.53 Å². The van der Waals surface area contributed by atoms with Crippen molar-refractivity contribution in [1.29, 1.82) is 0 Å². The van der Waals surface area contributed by atoms with Crippen molar-refractivity contribution in [3.63, 3.8) is 0 Å². The third-order valence-electron chi connectivity index (χ3n) is 7.32. The van der Waals surface area contributed by atoms with Crippen LogP contribution in [0.15, 0.2) is 41.4 Å². The highest BCUT2D eigenvalue weighted by atomic mass is 32.2. The van der Waals surface area contributed by atoms with Crippen molar-refractivity contribution in [3.05, 3.63) is 47.8 Å². The number of hydrogen-bond donors (Lipinski definition) is 2. The smallest absolute Gasteiger partial charge is 0.235 e. The van der Waals surface area contributed by atoms with Gasteiger partial charge >= 0.3 is 0 Å². The summed E-state index contributed by atoms with van der Waals surface area (Å²) in [6.45, 7) is 8.39. The number of amides is 1. The zero-order chi connectivity index (χ0) is 24.4. The van der Waals surface area contributed by atoms with Crippen LogP contribution in [0.25, 0.3) is 11.0 Å². The van der Waals surface area contributed by atoms with E-state index < -0.39 is 0 Å². The zero-order valence-corrected chi connectivity index (χ0v) is 21.3. The predicted octanol–water partition coefficient (Wildman–Crippen LogP) is 3.51. The molecule has 0 saturated carbocycles. The van der Waals surface area contributed by atoms with Crippen LogP contribution in [0.3, 0.4) is 0 Å². The highest BCUT2D eigenvalue weighted by Gasteiger charge is 2.36. The number of ether oxygens (including phenoxy) is 1. The van der Waals surface area contributed by atoms with Crippen LogP contribution < -0.4 is 15.4 Å². The number of rotatable bonds is 7. The summed E-state index contributed by atoms with van der Waals surface area (Å²) < 4.78 is 5.32. The molecule has 1 unspecified atom stereocenters. The molecule has 3 aromatic heterocycles. The van der Waals surface area contributed by atoms with E-state index in [1.165, 1.54) is 5.56 Å². The number of carbonyl (C=O) groups excluding carboxylic acids is 1. The van der Waals surface area contributed by atoms with E-state index in [9.17, 15) is 4.79 Å². The Labute approximate surface area is 210 Å². The van der Waals surface area contributed by atoms with Crippen LogP contribution >= 0.6 is 11.8 Å². The zero-order valence-electron chi connectivity index (χ0n) is 20.5. The lowest BCUT2D eigenvalue weighted by molar-refractivity contribution is -0.113. The molecule has 1 saturated heterocycles. The summed E-state index contributed by atoms with van der Waals surface area (Å²) in [5.74, 6) is 2.27. The fraction of sp³-hybridized carbons (Fsp3) is 0.462. The molecule has 8 nitrogen and oxygen atoms in total. The molecule has 0 aliphatic carbocycles. The molecule has 1 amide bonds. The van der Waals surface area contributed by atoms with Crippen LogP contribution in [0.2, 0.25) is 0 Å². The number of anilines is 1. The van der Waals surface area contributed by atoms with Crippen molar-refractivity contribution in [2.24, 2.45) is 5.92 Å². The number of nitrogens with zero attached hydrogens (tertiary/aromatic N) is 4. The molecule has 5 heterocycles. The highest BCUT2D eigenvalue weighted by Crippen LogP contribution is 2.31. The Morgan fingerprint density at radius 3 is 2.97 bits per heavy atom. The van der Waals surface area contributed by atoms with Crippen molar-refractivity contribution in [2.75, 3.05) is 37.8 Å². The van der Waals surface area contributed by atoms with Gasteiger partial charge in [0.15, 0.2) is 0 Å². The van der Waals surface area contributed by atoms with E-state index >= 15 is 0 Å². The maximum absolute atomic E-state index is 11.7. The Balaban J connectivity index is 1.18. The molecule has 35 heavy (non-hydrogen) atoms. The van der Waals surface area contributed by atoms with Gasteiger partial charge in [-0.2, -0.15) is 0 Å². The number of methoxy groups -OCH3 is 1. The normalized spacial score (nSPS) is 22.6. The molecular weight excluding hydrogens is 460 g/mol. The molecule has 5 rings (SSSR count). The van der Waals surface area contributed by atoms with Crippen LogP contribution in [0.5, 0.6) is 5.88 Å². The van der Waals surface area contributed by atoms with E-state index in [1.807, 2.05) is 18.3 Å². The number of fused-ring (bicyclic) bond motifs is 2. The fourth-order valence-electron chi connectivity index (χ4n) is 4.83. The summed E-state index contributed by atoms with van der Waals surface area (Å²) >= 11 is 1.54. The average Bonchev–Trinajstić information content (AvgIpc) is 2.87. The molecule has 9 heteroatoms. The Morgan fingerprint density at radius 2 is 2.14 bits per heavy atom. The van der Waals surface area contributed by atoms with Gasteiger partial charge in [0, 0.05) is 37.4 Å². The van der Waals surface area contributed by atoms with Gasteiger partial charge in [0.25, 0.3) is 0 Å². The molecule has 184 valence electrons. The van der Waals surface area contributed by atoms with Gasteiger partial charge in [0.1, 0.15) is 5.82 Å². The maximum atomic E-state index is 11.7. The van der Waals surface area contributed by atoms with Gasteiger partial charge in [-0.25, -0.2) is 9.97 Å². The predicted molar refractivity (Wildman–Crippen MR) is 139 cm³/mol. The van der Waals surface area contributed by atoms with Crippen LogP contribution in [-0.2, 0) is 17.8 Å². The minimum atomic E-state index is 0.0164. The molecule has 2 N–H and O–H groups in total. The highest BCUT2D eigenvalue weighted by molar-refractivity contribution is 8.00. The minimum Gasteiger partial charge on any atom is -0.481 e. The summed E-state index contributed by atoms with van der Waals surface area (Å²) in [6.07, 6.45) is 3.86. The molecule has 3 aromatic rings. The summed E-state index contributed by atoms with van der Waals surface area (Å²) in [4.78, 5) is 29.0. The van der Waals surface area contributed by atoms with Gasteiger partial charge in [-0.05, 0) is 62.1 Å². The second-order valence-corrected chi connectivity index (χ2v) is 10.7. The van der Waals surface area contributed by atoms with E-state index in [1.54, 1.807) is 18.9 Å². The first kappa shape index (κ1) is 24.0. The van der Waals surface area contributed by atoms with Crippen LogP contribution in [-0.4, -0.2) is 63.8 Å². The Kier molecular flexibility index (Phi) is 6.91. The number of hydrogen-bond acceptors (Lipinski definition) is 8. The van der Waals surface area contributed by atoms with Crippen molar-refractivity contribution in [2.45, 2.75) is 43.7 Å². The second-order valence-electron chi connectivity index (χ2n) is 9.65. The lowest BCUT2D eigenvalue weighted by Crippen LogP contribution is -2.57. The maximum Gasteiger partial charge on any atom is 0.235 e. The number of carbonyl (C=O) groups is 1. The van der Waals surface area contributed by atoms with Crippen LogP contribution in [0.1, 0.15) is 31.5 Å². The van der Waals surface area contributed by atoms with Gasteiger partial charge in [-0.3, -0.25) is 9.78 Å². The number of thioether (sulfide) groups is 1. The molecular formula is C26H32N6O2S. The number of aromatic nitrogens is 3. The first-order chi connectivity index (χ1) is 16.9. The third-order valence-corrected chi connectivity index (χ3v) is 8.37. The lowest BCUT2D eigenvalue weighted by atomic mass is 9.80. The summed E-state index contributed by atoms with van der Waals surface area (Å²) in [5.41, 5.74) is 4.02. The van der Waals surface area contributed by atoms with Gasteiger partial charge in [-0.15, -0.1) is 11.8 Å². The third kappa shape index (κ3) is 5.27. The summed E-state index contributed by atoms with van der Waals surface area (Å²) in [6, 6.07) is 10.0. The quantitative estimate of drug-likeness (QED) is 0.518. The van der Waals surface area contributed by atoms with E-state index in [0.29, 0.717) is 29.9 Å². The molecule has 2 aliphatic rings. The van der Waals surface area contributed by atoms with E-state index in [-0.39, 0.29) is 11.4 Å². The first-order valence-electron chi connectivity index (χ1n) is 12.1. The van der Waals surface area contributed by atoms with E-state index in [4.69, 9.17) is 4.74 Å². The number of nitrogens with one attached hydrogen (secondary N) is 2. The molecule has 0 aromatic carbocycles. The summed E-state index contributed by atoms with van der Waals surface area (Å²) in [7, 11) is 1.64.